The highest BCUT2D eigenvalue weighted by molar-refractivity contribution is 9.10. The molecule has 0 radical (unpaired) electrons. The van der Waals surface area contributed by atoms with Crippen LogP contribution >= 0.6 is 15.9 Å². The lowest BCUT2D eigenvalue weighted by Crippen LogP contribution is -2.14. The van der Waals surface area contributed by atoms with Crippen molar-refractivity contribution in [1.82, 2.24) is 15.1 Å². The minimum Gasteiger partial charge on any atom is -0.313 e. The monoisotopic (exact) mass is 325 g/mol. The summed E-state index contributed by atoms with van der Waals surface area (Å²) in [6.45, 7) is 2.77. The maximum atomic E-state index is 13.2. The molecule has 0 spiro atoms. The van der Waals surface area contributed by atoms with Gasteiger partial charge in [0, 0.05) is 17.8 Å². The summed E-state index contributed by atoms with van der Waals surface area (Å²) >= 11 is 3.20. The Hall–Kier alpha value is -1.20. The van der Waals surface area contributed by atoms with Crippen molar-refractivity contribution in [2.75, 3.05) is 7.05 Å². The van der Waals surface area contributed by atoms with Crippen molar-refractivity contribution in [2.24, 2.45) is 0 Å². The molecule has 0 saturated carbocycles. The Morgan fingerprint density at radius 3 is 2.89 bits per heavy atom. The number of nitrogens with one attached hydrogen (secondary N) is 1. The zero-order chi connectivity index (χ0) is 13.8. The average Bonchev–Trinajstić information content (AvgIpc) is 2.84. The molecule has 1 N–H and O–H groups in total. The number of hydrogen-bond donors (Lipinski definition) is 1. The smallest absolute Gasteiger partial charge is 0.137 e. The third kappa shape index (κ3) is 3.42. The fraction of sp³-hybridized carbons (Fsp3) is 0.357. The highest BCUT2D eigenvalue weighted by atomic mass is 79.9. The van der Waals surface area contributed by atoms with Crippen molar-refractivity contribution >= 4 is 15.9 Å². The molecular formula is C14H17BrFN3. The highest BCUT2D eigenvalue weighted by Gasteiger charge is 2.09. The van der Waals surface area contributed by atoms with Crippen LogP contribution in [0.5, 0.6) is 0 Å². The number of halogens is 2. The molecule has 1 unspecified atom stereocenters. The molecule has 19 heavy (non-hydrogen) atoms. The van der Waals surface area contributed by atoms with Crippen LogP contribution in [0.25, 0.3) is 0 Å². The van der Waals surface area contributed by atoms with Gasteiger partial charge in [-0.15, -0.1) is 0 Å². The minimum atomic E-state index is -0.244. The summed E-state index contributed by atoms with van der Waals surface area (Å²) in [4.78, 5) is 0. The maximum Gasteiger partial charge on any atom is 0.137 e. The largest absolute Gasteiger partial charge is 0.313 e. The summed E-state index contributed by atoms with van der Waals surface area (Å²) in [6.07, 6.45) is 4.93. The predicted octanol–water partition coefficient (Wildman–Crippen LogP) is 3.50. The molecule has 102 valence electrons. The van der Waals surface area contributed by atoms with Crippen LogP contribution in [-0.4, -0.2) is 16.8 Å². The van der Waals surface area contributed by atoms with Gasteiger partial charge < -0.3 is 5.32 Å². The van der Waals surface area contributed by atoms with Gasteiger partial charge in [-0.1, -0.05) is 13.0 Å². The second-order valence-electron chi connectivity index (χ2n) is 4.47. The fourth-order valence-electron chi connectivity index (χ4n) is 2.08. The molecule has 2 aromatic rings. The van der Waals surface area contributed by atoms with E-state index in [-0.39, 0.29) is 5.82 Å². The third-order valence-electron chi connectivity index (χ3n) is 3.14. The van der Waals surface area contributed by atoms with E-state index in [1.54, 1.807) is 12.1 Å². The topological polar surface area (TPSA) is 29.9 Å². The second kappa shape index (κ2) is 6.30. The molecule has 0 fully saturated rings. The summed E-state index contributed by atoms with van der Waals surface area (Å²) in [5.41, 5.74) is 2.19. The number of nitrogens with zero attached hydrogens (tertiary/aromatic N) is 2. The lowest BCUT2D eigenvalue weighted by Gasteiger charge is -2.10. The van der Waals surface area contributed by atoms with Crippen molar-refractivity contribution in [3.8, 4) is 0 Å². The molecule has 3 nitrogen and oxygen atoms in total. The van der Waals surface area contributed by atoms with Crippen LogP contribution in [0.4, 0.5) is 4.39 Å². The minimum absolute atomic E-state index is 0.244. The van der Waals surface area contributed by atoms with Gasteiger partial charge in [0.2, 0.25) is 0 Å². The maximum absolute atomic E-state index is 13.2. The van der Waals surface area contributed by atoms with Gasteiger partial charge in [-0.25, -0.2) is 4.39 Å². The molecule has 5 heteroatoms. The normalized spacial score (nSPS) is 12.6. The molecule has 0 aliphatic heterocycles. The molecular weight excluding hydrogens is 309 g/mol. The summed E-state index contributed by atoms with van der Waals surface area (Å²) in [5.74, 6) is -0.244. The van der Waals surface area contributed by atoms with Gasteiger partial charge in [0.25, 0.3) is 0 Å². The first-order valence-corrected chi connectivity index (χ1v) is 7.07. The fourth-order valence-corrected chi connectivity index (χ4v) is 2.50. The summed E-state index contributed by atoms with van der Waals surface area (Å²) in [6, 6.07) is 5.35. The molecule has 0 aliphatic carbocycles. The van der Waals surface area contributed by atoms with E-state index in [0.717, 1.165) is 12.0 Å². The predicted molar refractivity (Wildman–Crippen MR) is 77.5 cm³/mol. The SMILES string of the molecule is CCC(NC)c1cnn(Cc2ccc(F)c(Br)c2)c1. The van der Waals surface area contributed by atoms with Gasteiger partial charge in [0.05, 0.1) is 17.2 Å². The quantitative estimate of drug-likeness (QED) is 0.911. The highest BCUT2D eigenvalue weighted by Crippen LogP contribution is 2.19. The van der Waals surface area contributed by atoms with E-state index >= 15 is 0 Å². The van der Waals surface area contributed by atoms with Crippen molar-refractivity contribution in [3.05, 3.63) is 52.0 Å². The molecule has 0 bridgehead atoms. The number of rotatable bonds is 5. The first-order chi connectivity index (χ1) is 9.13. The second-order valence-corrected chi connectivity index (χ2v) is 5.32. The van der Waals surface area contributed by atoms with Gasteiger partial charge >= 0.3 is 0 Å². The van der Waals surface area contributed by atoms with Gasteiger partial charge in [-0.05, 0) is 47.1 Å². The molecule has 0 amide bonds. The Kier molecular flexibility index (Phi) is 4.71. The number of hydrogen-bond acceptors (Lipinski definition) is 2. The summed E-state index contributed by atoms with van der Waals surface area (Å²) < 4.78 is 15.5. The lowest BCUT2D eigenvalue weighted by atomic mass is 10.1. The van der Waals surface area contributed by atoms with Crippen LogP contribution < -0.4 is 5.32 Å². The van der Waals surface area contributed by atoms with Gasteiger partial charge in [0.1, 0.15) is 5.82 Å². The molecule has 1 heterocycles. The Morgan fingerprint density at radius 2 is 2.26 bits per heavy atom. The van der Waals surface area contributed by atoms with Crippen LogP contribution in [-0.2, 0) is 6.54 Å². The van der Waals surface area contributed by atoms with Crippen LogP contribution in [0, 0.1) is 5.82 Å². The van der Waals surface area contributed by atoms with E-state index in [2.05, 4.69) is 33.3 Å². The van der Waals surface area contributed by atoms with Crippen molar-refractivity contribution in [3.63, 3.8) is 0 Å². The zero-order valence-electron chi connectivity index (χ0n) is 11.0. The van der Waals surface area contributed by atoms with Gasteiger partial charge in [0.15, 0.2) is 0 Å². The lowest BCUT2D eigenvalue weighted by molar-refractivity contribution is 0.575. The van der Waals surface area contributed by atoms with E-state index in [4.69, 9.17) is 0 Å². The van der Waals surface area contributed by atoms with E-state index < -0.39 is 0 Å². The number of benzene rings is 1. The summed E-state index contributed by atoms with van der Waals surface area (Å²) in [5, 5.41) is 7.60. The van der Waals surface area contributed by atoms with Crippen LogP contribution in [0.1, 0.15) is 30.5 Å². The van der Waals surface area contributed by atoms with E-state index in [9.17, 15) is 4.39 Å². The number of aromatic nitrogens is 2. The van der Waals surface area contributed by atoms with E-state index in [0.29, 0.717) is 17.1 Å². The van der Waals surface area contributed by atoms with Gasteiger partial charge in [-0.2, -0.15) is 5.10 Å². The Morgan fingerprint density at radius 1 is 1.47 bits per heavy atom. The van der Waals surface area contributed by atoms with Crippen molar-refractivity contribution in [1.29, 1.82) is 0 Å². The Balaban J connectivity index is 2.13. The molecule has 1 atom stereocenters. The van der Waals surface area contributed by atoms with Crippen LogP contribution in [0.15, 0.2) is 35.1 Å². The molecule has 0 aliphatic rings. The van der Waals surface area contributed by atoms with E-state index in [1.807, 2.05) is 24.1 Å². The van der Waals surface area contributed by atoms with Crippen LogP contribution in [0.3, 0.4) is 0 Å². The zero-order valence-corrected chi connectivity index (χ0v) is 12.6. The Bertz CT molecular complexity index is 549. The Labute approximate surface area is 121 Å². The first kappa shape index (κ1) is 14.2. The molecule has 0 saturated heterocycles. The van der Waals surface area contributed by atoms with Crippen molar-refractivity contribution in [2.45, 2.75) is 25.9 Å². The average molecular weight is 326 g/mol. The molecule has 1 aromatic carbocycles. The van der Waals surface area contributed by atoms with Gasteiger partial charge in [-0.3, -0.25) is 4.68 Å². The van der Waals surface area contributed by atoms with Crippen LogP contribution in [0.2, 0.25) is 0 Å². The molecule has 1 aromatic heterocycles. The standard InChI is InChI=1S/C14H17BrFN3/c1-3-14(17-2)11-7-18-19(9-11)8-10-4-5-13(16)12(15)6-10/h4-7,9,14,17H,3,8H2,1-2H3. The molecule has 2 rings (SSSR count). The van der Waals surface area contributed by atoms with Crippen molar-refractivity contribution < 1.29 is 4.39 Å². The summed E-state index contributed by atoms with van der Waals surface area (Å²) in [7, 11) is 1.95. The van der Waals surface area contributed by atoms with E-state index in [1.165, 1.54) is 11.6 Å². The first-order valence-electron chi connectivity index (χ1n) is 6.27. The third-order valence-corrected chi connectivity index (χ3v) is 3.75.